The summed E-state index contributed by atoms with van der Waals surface area (Å²) in [5.74, 6) is 0. The Morgan fingerprint density at radius 1 is 1.29 bits per heavy atom. The molecule has 3 nitrogen and oxygen atoms in total. The molecule has 0 unspecified atom stereocenters. The molecule has 14 heavy (non-hydrogen) atoms. The van der Waals surface area contributed by atoms with Crippen LogP contribution in [0.4, 0.5) is 0 Å². The highest BCUT2D eigenvalue weighted by Crippen LogP contribution is 2.09. The van der Waals surface area contributed by atoms with E-state index >= 15 is 0 Å². The van der Waals surface area contributed by atoms with Crippen LogP contribution < -0.4 is 5.32 Å². The highest BCUT2D eigenvalue weighted by Gasteiger charge is 2.08. The van der Waals surface area contributed by atoms with E-state index in [4.69, 9.17) is 0 Å². The maximum Gasteiger partial charge on any atom is 0.0724 e. The molecule has 0 radical (unpaired) electrons. The van der Waals surface area contributed by atoms with Gasteiger partial charge < -0.3 is 5.32 Å². The second-order valence-corrected chi connectivity index (χ2v) is 3.67. The first-order chi connectivity index (χ1) is 6.84. The van der Waals surface area contributed by atoms with Gasteiger partial charge in [-0.05, 0) is 19.8 Å². The molecule has 0 aromatic carbocycles. The summed E-state index contributed by atoms with van der Waals surface area (Å²) >= 11 is 0. The Kier molecular flexibility index (Phi) is 2.89. The normalized spacial score (nSPS) is 16.4. The fourth-order valence-corrected chi connectivity index (χ4v) is 1.54. The summed E-state index contributed by atoms with van der Waals surface area (Å²) in [4.78, 5) is 8.50. The summed E-state index contributed by atoms with van der Waals surface area (Å²) in [7, 11) is 0. The molecule has 1 aromatic rings. The predicted molar refractivity (Wildman–Crippen MR) is 55.8 cm³/mol. The van der Waals surface area contributed by atoms with E-state index in [9.17, 15) is 0 Å². The summed E-state index contributed by atoms with van der Waals surface area (Å²) in [5, 5.41) is 3.45. The van der Waals surface area contributed by atoms with Crippen LogP contribution in [0.1, 0.15) is 24.2 Å². The number of nitrogens with zero attached hydrogens (tertiary/aromatic N) is 2. The molecule has 0 aliphatic heterocycles. The first-order valence-corrected chi connectivity index (χ1v) is 5.00. The van der Waals surface area contributed by atoms with Crippen molar-refractivity contribution in [1.82, 2.24) is 15.3 Å². The predicted octanol–water partition coefficient (Wildman–Crippen LogP) is 1.59. The van der Waals surface area contributed by atoms with Crippen LogP contribution in [0.25, 0.3) is 0 Å². The van der Waals surface area contributed by atoms with Crippen molar-refractivity contribution < 1.29 is 0 Å². The van der Waals surface area contributed by atoms with Crippen molar-refractivity contribution in [2.45, 2.75) is 32.4 Å². The molecule has 1 aliphatic rings. The molecule has 0 atom stereocenters. The average molecular weight is 189 g/mol. The van der Waals surface area contributed by atoms with E-state index in [1.165, 1.54) is 0 Å². The lowest BCUT2D eigenvalue weighted by molar-refractivity contribution is 0.532. The van der Waals surface area contributed by atoms with Gasteiger partial charge >= 0.3 is 0 Å². The van der Waals surface area contributed by atoms with E-state index < -0.39 is 0 Å². The summed E-state index contributed by atoms with van der Waals surface area (Å²) in [6.07, 6.45) is 10.4. The van der Waals surface area contributed by atoms with Crippen LogP contribution in [0, 0.1) is 6.92 Å². The van der Waals surface area contributed by atoms with Crippen LogP contribution in [0.5, 0.6) is 0 Å². The van der Waals surface area contributed by atoms with Crippen molar-refractivity contribution in [2.75, 3.05) is 0 Å². The molecule has 0 saturated carbocycles. The van der Waals surface area contributed by atoms with E-state index in [1.54, 1.807) is 0 Å². The van der Waals surface area contributed by atoms with Gasteiger partial charge in [-0.1, -0.05) is 12.2 Å². The van der Waals surface area contributed by atoms with Crippen molar-refractivity contribution in [3.8, 4) is 0 Å². The van der Waals surface area contributed by atoms with Crippen molar-refractivity contribution >= 4 is 0 Å². The molecule has 0 amide bonds. The maximum absolute atomic E-state index is 4.29. The molecule has 1 heterocycles. The van der Waals surface area contributed by atoms with Crippen LogP contribution >= 0.6 is 0 Å². The van der Waals surface area contributed by atoms with E-state index in [0.717, 1.165) is 30.8 Å². The molecule has 1 aromatic heterocycles. The molecule has 0 saturated heterocycles. The third-order valence-electron chi connectivity index (χ3n) is 2.41. The van der Waals surface area contributed by atoms with Gasteiger partial charge in [-0.15, -0.1) is 0 Å². The van der Waals surface area contributed by atoms with E-state index in [-0.39, 0.29) is 0 Å². The molecule has 1 aliphatic carbocycles. The number of hydrogen-bond acceptors (Lipinski definition) is 3. The Labute approximate surface area is 84.3 Å². The van der Waals surface area contributed by atoms with Crippen LogP contribution in [0.3, 0.4) is 0 Å². The highest BCUT2D eigenvalue weighted by molar-refractivity contribution is 5.02. The molecular weight excluding hydrogens is 174 g/mol. The van der Waals surface area contributed by atoms with Gasteiger partial charge in [0.15, 0.2) is 0 Å². The van der Waals surface area contributed by atoms with E-state index in [0.29, 0.717) is 6.04 Å². The average Bonchev–Trinajstić information content (AvgIpc) is 2.70. The zero-order valence-electron chi connectivity index (χ0n) is 8.40. The van der Waals surface area contributed by atoms with E-state index in [2.05, 4.69) is 27.4 Å². The highest BCUT2D eigenvalue weighted by atomic mass is 14.9. The van der Waals surface area contributed by atoms with Crippen LogP contribution in [0.15, 0.2) is 24.5 Å². The van der Waals surface area contributed by atoms with Crippen molar-refractivity contribution in [3.05, 3.63) is 35.9 Å². The minimum atomic E-state index is 0.595. The third-order valence-corrected chi connectivity index (χ3v) is 2.41. The lowest BCUT2D eigenvalue weighted by Gasteiger charge is -2.10. The van der Waals surface area contributed by atoms with Crippen molar-refractivity contribution in [1.29, 1.82) is 0 Å². The van der Waals surface area contributed by atoms with Crippen LogP contribution in [0.2, 0.25) is 0 Å². The van der Waals surface area contributed by atoms with Gasteiger partial charge in [0.25, 0.3) is 0 Å². The molecular formula is C11H15N3. The van der Waals surface area contributed by atoms with Gasteiger partial charge in [0.05, 0.1) is 11.4 Å². The standard InChI is InChI=1S/C11H15N3/c1-9-6-13-11(7-12-9)8-14-10-4-2-3-5-10/h2-3,6-7,10,14H,4-5,8H2,1H3. The number of hydrogen-bond donors (Lipinski definition) is 1. The second-order valence-electron chi connectivity index (χ2n) is 3.67. The molecule has 3 heteroatoms. The molecule has 0 bridgehead atoms. The van der Waals surface area contributed by atoms with Gasteiger partial charge in [-0.25, -0.2) is 0 Å². The first-order valence-electron chi connectivity index (χ1n) is 5.00. The van der Waals surface area contributed by atoms with Crippen LogP contribution in [-0.2, 0) is 6.54 Å². The van der Waals surface area contributed by atoms with Crippen molar-refractivity contribution in [3.63, 3.8) is 0 Å². The zero-order valence-corrected chi connectivity index (χ0v) is 8.40. The first kappa shape index (κ1) is 9.34. The Morgan fingerprint density at radius 2 is 2.07 bits per heavy atom. The minimum Gasteiger partial charge on any atom is -0.308 e. The third kappa shape index (κ3) is 2.39. The lowest BCUT2D eigenvalue weighted by Crippen LogP contribution is -2.26. The topological polar surface area (TPSA) is 37.8 Å². The van der Waals surface area contributed by atoms with Gasteiger partial charge in [0, 0.05) is 25.0 Å². The smallest absolute Gasteiger partial charge is 0.0724 e. The Hall–Kier alpha value is -1.22. The molecule has 2 rings (SSSR count). The van der Waals surface area contributed by atoms with E-state index in [1.807, 2.05) is 19.3 Å². The van der Waals surface area contributed by atoms with Crippen LogP contribution in [-0.4, -0.2) is 16.0 Å². The fraction of sp³-hybridized carbons (Fsp3) is 0.455. The summed E-state index contributed by atoms with van der Waals surface area (Å²) in [5.41, 5.74) is 1.98. The monoisotopic (exact) mass is 189 g/mol. The SMILES string of the molecule is Cc1cnc(CNC2CC=CC2)cn1. The zero-order chi connectivity index (χ0) is 9.80. The molecule has 74 valence electrons. The van der Waals surface area contributed by atoms with Gasteiger partial charge in [0.1, 0.15) is 0 Å². The Bertz CT molecular complexity index is 308. The fourth-order valence-electron chi connectivity index (χ4n) is 1.54. The minimum absolute atomic E-state index is 0.595. The largest absolute Gasteiger partial charge is 0.308 e. The molecule has 0 spiro atoms. The summed E-state index contributed by atoms with van der Waals surface area (Å²) in [6.45, 7) is 2.77. The quantitative estimate of drug-likeness (QED) is 0.734. The van der Waals surface area contributed by atoms with Crippen molar-refractivity contribution in [2.24, 2.45) is 0 Å². The number of aryl methyl sites for hydroxylation is 1. The summed E-state index contributed by atoms with van der Waals surface area (Å²) < 4.78 is 0. The van der Waals surface area contributed by atoms with Gasteiger partial charge in [0.2, 0.25) is 0 Å². The lowest BCUT2D eigenvalue weighted by atomic mass is 10.2. The Balaban J connectivity index is 1.82. The van der Waals surface area contributed by atoms with Gasteiger partial charge in [-0.2, -0.15) is 0 Å². The molecule has 0 fully saturated rings. The summed E-state index contributed by atoms with van der Waals surface area (Å²) in [6, 6.07) is 0.595. The number of nitrogens with one attached hydrogen (secondary N) is 1. The number of rotatable bonds is 3. The second kappa shape index (κ2) is 4.33. The molecule has 1 N–H and O–H groups in total. The number of aromatic nitrogens is 2. The van der Waals surface area contributed by atoms with Gasteiger partial charge in [-0.3, -0.25) is 9.97 Å². The maximum atomic E-state index is 4.29. The Morgan fingerprint density at radius 3 is 2.71 bits per heavy atom.